The molecule has 1 aromatic rings. The number of carbonyl (C=O) groups excluding carboxylic acids is 1. The third-order valence-electron chi connectivity index (χ3n) is 1.38. The van der Waals surface area contributed by atoms with E-state index in [9.17, 15) is 18.0 Å². The van der Waals surface area contributed by atoms with Crippen LogP contribution < -0.4 is 5.32 Å². The molecule has 10 heteroatoms. The summed E-state index contributed by atoms with van der Waals surface area (Å²) in [5.41, 5.74) is 0. The van der Waals surface area contributed by atoms with Crippen molar-refractivity contribution in [3.63, 3.8) is 0 Å². The number of aromatic nitrogens is 4. The van der Waals surface area contributed by atoms with Crippen LogP contribution in [0.15, 0.2) is 0 Å². The topological polar surface area (TPSA) is 104 Å². The number of aromatic amines is 1. The van der Waals surface area contributed by atoms with Gasteiger partial charge >= 0.3 is 6.18 Å². The highest BCUT2D eigenvalue weighted by Gasteiger charge is 2.38. The Bertz CT molecular complexity index is 324. The van der Waals surface area contributed by atoms with Crippen molar-refractivity contribution in [2.75, 3.05) is 6.54 Å². The van der Waals surface area contributed by atoms with Crippen molar-refractivity contribution < 1.29 is 23.1 Å². The summed E-state index contributed by atoms with van der Waals surface area (Å²) >= 11 is 0. The minimum Gasteiger partial charge on any atom is -0.382 e. The Morgan fingerprint density at radius 3 is 2.73 bits per heavy atom. The van der Waals surface area contributed by atoms with Gasteiger partial charge in [-0.3, -0.25) is 4.79 Å². The van der Waals surface area contributed by atoms with Gasteiger partial charge in [0, 0.05) is 0 Å². The highest BCUT2D eigenvalue weighted by molar-refractivity contribution is 5.89. The Labute approximate surface area is 80.7 Å². The quantitative estimate of drug-likeness (QED) is 0.602. The average Bonchev–Trinajstić information content (AvgIpc) is 2.64. The van der Waals surface area contributed by atoms with Crippen LogP contribution in [0.5, 0.6) is 0 Å². The van der Waals surface area contributed by atoms with Crippen LogP contribution in [0.4, 0.5) is 13.2 Å². The Hall–Kier alpha value is -1.71. The summed E-state index contributed by atoms with van der Waals surface area (Å²) in [4.78, 5) is 11.0. The van der Waals surface area contributed by atoms with Gasteiger partial charge in [0.2, 0.25) is 0 Å². The van der Waals surface area contributed by atoms with E-state index in [4.69, 9.17) is 5.11 Å². The Balaban J connectivity index is 2.42. The number of nitrogens with one attached hydrogen (secondary N) is 2. The first-order valence-electron chi connectivity index (χ1n) is 3.67. The maximum absolute atomic E-state index is 11.8. The summed E-state index contributed by atoms with van der Waals surface area (Å²) in [7, 11) is 0. The molecule has 3 N–H and O–H groups in total. The lowest BCUT2D eigenvalue weighted by Crippen LogP contribution is -2.41. The zero-order chi connectivity index (χ0) is 11.5. The van der Waals surface area contributed by atoms with E-state index in [0.29, 0.717) is 0 Å². The predicted octanol–water partition coefficient (Wildman–Crippen LogP) is -1.15. The lowest BCUT2D eigenvalue weighted by atomic mass is 10.3. The van der Waals surface area contributed by atoms with Crippen molar-refractivity contribution in [2.45, 2.75) is 12.3 Å². The minimum absolute atomic E-state index is 0.399. The molecule has 1 aromatic heterocycles. The fraction of sp³-hybridized carbons (Fsp3) is 0.600. The van der Waals surface area contributed by atoms with Gasteiger partial charge in [-0.1, -0.05) is 0 Å². The summed E-state index contributed by atoms with van der Waals surface area (Å²) in [5.74, 6) is -1.35. The summed E-state index contributed by atoms with van der Waals surface area (Å²) in [6, 6.07) is 0. The molecule has 0 spiro atoms. The number of alkyl halides is 3. The largest absolute Gasteiger partial charge is 0.416 e. The van der Waals surface area contributed by atoms with E-state index in [0.717, 1.165) is 0 Å². The molecule has 0 saturated heterocycles. The number of tetrazole rings is 1. The molecule has 1 heterocycles. The second-order valence-corrected chi connectivity index (χ2v) is 2.50. The molecule has 0 aliphatic carbocycles. The third-order valence-corrected chi connectivity index (χ3v) is 1.38. The molecular weight excluding hydrogens is 219 g/mol. The number of aliphatic hydroxyl groups is 1. The van der Waals surface area contributed by atoms with Crippen molar-refractivity contribution in [3.8, 4) is 0 Å². The number of hydrogen-bond acceptors (Lipinski definition) is 5. The molecule has 0 aliphatic heterocycles. The number of nitrogens with zero attached hydrogens (tertiary/aromatic N) is 3. The Morgan fingerprint density at radius 1 is 1.60 bits per heavy atom. The van der Waals surface area contributed by atoms with Gasteiger partial charge < -0.3 is 10.4 Å². The number of amides is 1. The number of aliphatic hydroxyl groups excluding tert-OH is 1. The number of halogens is 3. The van der Waals surface area contributed by atoms with Gasteiger partial charge in [-0.15, -0.1) is 10.2 Å². The maximum atomic E-state index is 11.8. The molecule has 15 heavy (non-hydrogen) atoms. The minimum atomic E-state index is -4.77. The van der Waals surface area contributed by atoms with Crippen molar-refractivity contribution in [1.82, 2.24) is 25.9 Å². The van der Waals surface area contributed by atoms with Crippen LogP contribution in [-0.2, 0) is 0 Å². The van der Waals surface area contributed by atoms with E-state index >= 15 is 0 Å². The molecule has 0 bridgehead atoms. The zero-order valence-electron chi connectivity index (χ0n) is 7.12. The molecule has 1 unspecified atom stereocenters. The van der Waals surface area contributed by atoms with Gasteiger partial charge in [0.15, 0.2) is 6.10 Å². The zero-order valence-corrected chi connectivity index (χ0v) is 7.12. The van der Waals surface area contributed by atoms with Crippen LogP contribution in [0, 0.1) is 0 Å². The van der Waals surface area contributed by atoms with E-state index in [-0.39, 0.29) is 0 Å². The van der Waals surface area contributed by atoms with Crippen molar-refractivity contribution in [2.24, 2.45) is 0 Å². The first-order chi connectivity index (χ1) is 6.91. The number of rotatable bonds is 3. The third kappa shape index (κ3) is 3.16. The Kier molecular flexibility index (Phi) is 3.19. The molecule has 84 valence electrons. The van der Waals surface area contributed by atoms with E-state index in [1.165, 1.54) is 0 Å². The maximum Gasteiger partial charge on any atom is 0.416 e. The molecule has 0 radical (unpaired) electrons. The van der Waals surface area contributed by atoms with E-state index < -0.39 is 30.6 Å². The molecular formula is C5H6F3N5O2. The van der Waals surface area contributed by atoms with Crippen LogP contribution in [-0.4, -0.2) is 50.5 Å². The predicted molar refractivity (Wildman–Crippen MR) is 38.6 cm³/mol. The highest BCUT2D eigenvalue weighted by Crippen LogP contribution is 2.19. The fourth-order valence-corrected chi connectivity index (χ4v) is 0.642. The number of hydrogen-bond donors (Lipinski definition) is 3. The molecule has 1 rings (SSSR count). The standard InChI is InChI=1S/C5H6F3N5O2/c6-5(7,8)2(14)1-9-4(15)3-10-12-13-11-3/h2,14H,1H2,(H,9,15)(H,10,11,12,13). The van der Waals surface area contributed by atoms with Gasteiger partial charge in [-0.2, -0.15) is 18.4 Å². The van der Waals surface area contributed by atoms with Gasteiger partial charge in [0.25, 0.3) is 11.7 Å². The second kappa shape index (κ2) is 4.21. The normalized spacial score (nSPS) is 13.6. The molecule has 0 aliphatic rings. The molecule has 1 atom stereocenters. The SMILES string of the molecule is O=C(NCC(O)C(F)(F)F)c1nn[nH]n1. The number of carbonyl (C=O) groups is 1. The van der Waals surface area contributed by atoms with Crippen LogP contribution in [0.2, 0.25) is 0 Å². The monoisotopic (exact) mass is 225 g/mol. The van der Waals surface area contributed by atoms with Crippen LogP contribution in [0.25, 0.3) is 0 Å². The molecule has 0 saturated carbocycles. The van der Waals surface area contributed by atoms with E-state index in [1.807, 2.05) is 5.21 Å². The van der Waals surface area contributed by atoms with E-state index in [1.54, 1.807) is 5.32 Å². The van der Waals surface area contributed by atoms with Gasteiger partial charge in [0.1, 0.15) is 0 Å². The van der Waals surface area contributed by atoms with Crippen molar-refractivity contribution >= 4 is 5.91 Å². The lowest BCUT2D eigenvalue weighted by molar-refractivity contribution is -0.201. The summed E-state index contributed by atoms with van der Waals surface area (Å²) in [6.07, 6.45) is -7.39. The van der Waals surface area contributed by atoms with Gasteiger partial charge in [-0.25, -0.2) is 0 Å². The first kappa shape index (κ1) is 11.4. The second-order valence-electron chi connectivity index (χ2n) is 2.50. The average molecular weight is 225 g/mol. The molecule has 7 nitrogen and oxygen atoms in total. The summed E-state index contributed by atoms with van der Waals surface area (Å²) < 4.78 is 35.4. The first-order valence-corrected chi connectivity index (χ1v) is 3.67. The highest BCUT2D eigenvalue weighted by atomic mass is 19.4. The van der Waals surface area contributed by atoms with Gasteiger partial charge in [-0.05, 0) is 5.21 Å². The summed E-state index contributed by atoms with van der Waals surface area (Å²) in [5, 5.41) is 21.8. The van der Waals surface area contributed by atoms with Crippen LogP contribution in [0.3, 0.4) is 0 Å². The van der Waals surface area contributed by atoms with Gasteiger partial charge in [0.05, 0.1) is 6.54 Å². The fourth-order valence-electron chi connectivity index (χ4n) is 0.642. The van der Waals surface area contributed by atoms with Crippen LogP contribution >= 0.6 is 0 Å². The van der Waals surface area contributed by atoms with E-state index in [2.05, 4.69) is 15.4 Å². The molecule has 1 amide bonds. The molecule has 0 fully saturated rings. The number of H-pyrrole nitrogens is 1. The Morgan fingerprint density at radius 2 is 2.27 bits per heavy atom. The molecule has 0 aromatic carbocycles. The smallest absolute Gasteiger partial charge is 0.382 e. The van der Waals surface area contributed by atoms with Crippen LogP contribution in [0.1, 0.15) is 10.6 Å². The summed E-state index contributed by atoms with van der Waals surface area (Å²) in [6.45, 7) is -0.961. The lowest BCUT2D eigenvalue weighted by Gasteiger charge is -2.13. The van der Waals surface area contributed by atoms with Crippen molar-refractivity contribution in [1.29, 1.82) is 0 Å². The van der Waals surface area contributed by atoms with Crippen molar-refractivity contribution in [3.05, 3.63) is 5.82 Å².